The molecule has 0 aliphatic rings. The maximum atomic E-state index is 13.5. The van der Waals surface area contributed by atoms with Crippen LogP contribution in [-0.2, 0) is 29.1 Å². The Morgan fingerprint density at radius 1 is 1.08 bits per heavy atom. The third-order valence-electron chi connectivity index (χ3n) is 5.46. The van der Waals surface area contributed by atoms with Crippen LogP contribution < -0.4 is 16.2 Å². The molecule has 37 heavy (non-hydrogen) atoms. The molecular formula is C25H23F3N4O4S. The van der Waals surface area contributed by atoms with E-state index in [1.807, 2.05) is 6.07 Å². The Morgan fingerprint density at radius 3 is 2.35 bits per heavy atom. The molecule has 0 saturated carbocycles. The first-order valence-electron chi connectivity index (χ1n) is 10.9. The Labute approximate surface area is 211 Å². The molecule has 0 aliphatic heterocycles. The summed E-state index contributed by atoms with van der Waals surface area (Å²) in [7, 11) is -3.40. The van der Waals surface area contributed by atoms with Crippen LogP contribution in [0.3, 0.4) is 0 Å². The monoisotopic (exact) mass is 532 g/mol. The molecule has 3 rings (SSSR count). The Hall–Kier alpha value is -3.95. The number of nitrogens with zero attached hydrogens (tertiary/aromatic N) is 2. The van der Waals surface area contributed by atoms with Crippen molar-refractivity contribution in [2.24, 2.45) is 0 Å². The van der Waals surface area contributed by atoms with Crippen LogP contribution in [0, 0.1) is 18.3 Å². The van der Waals surface area contributed by atoms with Gasteiger partial charge in [-0.15, -0.1) is 0 Å². The lowest BCUT2D eigenvalue weighted by atomic mass is 10.1. The van der Waals surface area contributed by atoms with Gasteiger partial charge in [0.1, 0.15) is 5.56 Å². The van der Waals surface area contributed by atoms with Crippen LogP contribution >= 0.6 is 0 Å². The highest BCUT2D eigenvalue weighted by Gasteiger charge is 2.31. The summed E-state index contributed by atoms with van der Waals surface area (Å²) in [5.74, 6) is -0.772. The molecule has 0 fully saturated rings. The van der Waals surface area contributed by atoms with Crippen molar-refractivity contribution in [3.63, 3.8) is 0 Å². The topological polar surface area (TPSA) is 121 Å². The molecule has 8 nitrogen and oxygen atoms in total. The van der Waals surface area contributed by atoms with E-state index in [1.165, 1.54) is 49.4 Å². The van der Waals surface area contributed by atoms with Crippen LogP contribution in [0.1, 0.15) is 32.7 Å². The van der Waals surface area contributed by atoms with Crippen LogP contribution in [0.4, 0.5) is 13.2 Å². The van der Waals surface area contributed by atoms with E-state index in [-0.39, 0.29) is 41.3 Å². The average molecular weight is 533 g/mol. The maximum Gasteiger partial charge on any atom is 0.416 e. The fourth-order valence-electron chi connectivity index (χ4n) is 3.70. The summed E-state index contributed by atoms with van der Waals surface area (Å²) in [6, 6.07) is 13.4. The largest absolute Gasteiger partial charge is 0.416 e. The molecule has 1 amide bonds. The Kier molecular flexibility index (Phi) is 8.20. The Bertz CT molecular complexity index is 1520. The number of benzene rings is 2. The van der Waals surface area contributed by atoms with Gasteiger partial charge in [0.2, 0.25) is 0 Å². The van der Waals surface area contributed by atoms with Crippen LogP contribution in [0.25, 0.3) is 5.69 Å². The number of amides is 1. The minimum Gasteiger partial charge on any atom is -0.348 e. The quantitative estimate of drug-likeness (QED) is 0.340. The molecular weight excluding hydrogens is 509 g/mol. The van der Waals surface area contributed by atoms with E-state index >= 15 is 0 Å². The van der Waals surface area contributed by atoms with Crippen LogP contribution in [0.15, 0.2) is 64.3 Å². The summed E-state index contributed by atoms with van der Waals surface area (Å²) < 4.78 is 64.1. The highest BCUT2D eigenvalue weighted by atomic mass is 32.2. The number of halogens is 3. The molecule has 12 heteroatoms. The van der Waals surface area contributed by atoms with Gasteiger partial charge in [-0.1, -0.05) is 18.2 Å². The van der Waals surface area contributed by atoms with Crippen LogP contribution in [0.2, 0.25) is 0 Å². The van der Waals surface area contributed by atoms with E-state index in [2.05, 4.69) is 10.6 Å². The number of carbonyl (C=O) groups excluding carboxylic acids is 1. The number of rotatable bonds is 8. The van der Waals surface area contributed by atoms with Gasteiger partial charge in [-0.2, -0.15) is 18.4 Å². The first kappa shape index (κ1) is 27.6. The third-order valence-corrected chi connectivity index (χ3v) is 6.59. The molecule has 0 saturated heterocycles. The summed E-state index contributed by atoms with van der Waals surface area (Å²) in [5.41, 5.74) is -0.981. The molecule has 0 atom stereocenters. The third kappa shape index (κ3) is 6.63. The van der Waals surface area contributed by atoms with Crippen LogP contribution in [0.5, 0.6) is 0 Å². The lowest BCUT2D eigenvalue weighted by Crippen LogP contribution is -2.36. The number of carbonyl (C=O) groups is 1. The average Bonchev–Trinajstić information content (AvgIpc) is 2.82. The highest BCUT2D eigenvalue weighted by molar-refractivity contribution is 7.90. The van der Waals surface area contributed by atoms with Gasteiger partial charge < -0.3 is 10.6 Å². The van der Waals surface area contributed by atoms with Gasteiger partial charge in [-0.3, -0.25) is 14.2 Å². The molecule has 2 N–H and O–H groups in total. The minimum atomic E-state index is -4.62. The van der Waals surface area contributed by atoms with Gasteiger partial charge in [0.25, 0.3) is 11.5 Å². The fraction of sp³-hybridized carbons (Fsp3) is 0.240. The number of hydrogen-bond acceptors (Lipinski definition) is 6. The van der Waals surface area contributed by atoms with Gasteiger partial charge in [-0.25, -0.2) is 8.42 Å². The zero-order chi connectivity index (χ0) is 27.4. The van der Waals surface area contributed by atoms with Crippen molar-refractivity contribution < 1.29 is 26.4 Å². The maximum absolute atomic E-state index is 13.5. The molecule has 0 aliphatic carbocycles. The second-order valence-electron chi connectivity index (χ2n) is 8.24. The standard InChI is InChI=1S/C25H23F3N4O4S/c1-16-12-18(15-30-11-10-29)22(23(33)31-14-17-6-8-21(9-7-17)37(2,35)36)24(34)32(16)20-5-3-4-19(13-20)25(26,27)28/h3-9,12-13,30H,11,14-15H2,1-2H3,(H,31,33). The van der Waals surface area contributed by atoms with Crippen molar-refractivity contribution in [1.29, 1.82) is 5.26 Å². The van der Waals surface area contributed by atoms with Crippen LogP contribution in [-0.4, -0.2) is 31.7 Å². The van der Waals surface area contributed by atoms with Gasteiger partial charge in [0, 0.05) is 30.7 Å². The molecule has 0 spiro atoms. The molecule has 3 aromatic rings. The zero-order valence-corrected chi connectivity index (χ0v) is 20.7. The highest BCUT2D eigenvalue weighted by Crippen LogP contribution is 2.30. The summed E-state index contributed by atoms with van der Waals surface area (Å²) in [6.45, 7) is 1.44. The summed E-state index contributed by atoms with van der Waals surface area (Å²) in [5, 5.41) is 14.2. The van der Waals surface area contributed by atoms with E-state index in [0.29, 0.717) is 11.3 Å². The minimum absolute atomic E-state index is 0.00111. The van der Waals surface area contributed by atoms with Crippen molar-refractivity contribution in [2.75, 3.05) is 12.8 Å². The molecule has 194 valence electrons. The molecule has 0 unspecified atom stereocenters. The molecule has 2 aromatic carbocycles. The predicted molar refractivity (Wildman–Crippen MR) is 130 cm³/mol. The van der Waals surface area contributed by atoms with Gasteiger partial charge in [0.15, 0.2) is 9.84 Å². The SMILES string of the molecule is Cc1cc(CNCC#N)c(C(=O)NCc2ccc(S(C)(=O)=O)cc2)c(=O)n1-c1cccc(C(F)(F)F)c1. The number of nitriles is 1. The Balaban J connectivity index is 2.01. The normalized spacial score (nSPS) is 11.7. The van der Waals surface area contributed by atoms with Crippen molar-refractivity contribution in [3.05, 3.63) is 92.9 Å². The first-order chi connectivity index (χ1) is 17.3. The van der Waals surface area contributed by atoms with Crippen molar-refractivity contribution >= 4 is 15.7 Å². The first-order valence-corrected chi connectivity index (χ1v) is 12.8. The summed E-state index contributed by atoms with van der Waals surface area (Å²) in [4.78, 5) is 26.7. The van der Waals surface area contributed by atoms with Gasteiger partial charge in [-0.05, 0) is 54.4 Å². The Morgan fingerprint density at radius 2 is 1.76 bits per heavy atom. The number of nitrogens with one attached hydrogen (secondary N) is 2. The van der Waals surface area contributed by atoms with Crippen molar-refractivity contribution in [2.45, 2.75) is 31.1 Å². The lowest BCUT2D eigenvalue weighted by Gasteiger charge is -2.17. The number of aryl methyl sites for hydroxylation is 1. The van der Waals surface area contributed by atoms with Gasteiger partial charge >= 0.3 is 6.18 Å². The van der Waals surface area contributed by atoms with E-state index in [1.54, 1.807) is 0 Å². The van der Waals surface area contributed by atoms with Crippen molar-refractivity contribution in [3.8, 4) is 11.8 Å². The molecule has 0 bridgehead atoms. The van der Waals surface area contributed by atoms with E-state index < -0.39 is 33.0 Å². The number of sulfone groups is 1. The van der Waals surface area contributed by atoms with Crippen molar-refractivity contribution in [1.82, 2.24) is 15.2 Å². The lowest BCUT2D eigenvalue weighted by molar-refractivity contribution is -0.137. The zero-order valence-electron chi connectivity index (χ0n) is 19.9. The molecule has 1 heterocycles. The predicted octanol–water partition coefficient (Wildman–Crippen LogP) is 3.11. The summed E-state index contributed by atoms with van der Waals surface area (Å²) >= 11 is 0. The van der Waals surface area contributed by atoms with E-state index in [0.717, 1.165) is 23.0 Å². The molecule has 0 radical (unpaired) electrons. The van der Waals surface area contributed by atoms with E-state index in [9.17, 15) is 31.2 Å². The number of aromatic nitrogens is 1. The number of alkyl halides is 3. The fourth-order valence-corrected chi connectivity index (χ4v) is 4.33. The molecule has 1 aromatic heterocycles. The number of hydrogen-bond donors (Lipinski definition) is 2. The van der Waals surface area contributed by atoms with E-state index in [4.69, 9.17) is 5.26 Å². The smallest absolute Gasteiger partial charge is 0.348 e. The van der Waals surface area contributed by atoms with Gasteiger partial charge in [0.05, 0.1) is 23.1 Å². The summed E-state index contributed by atoms with van der Waals surface area (Å²) in [6.07, 6.45) is -3.56. The second kappa shape index (κ2) is 11.0. The second-order valence-corrected chi connectivity index (χ2v) is 10.3. The number of pyridine rings is 1.